The van der Waals surface area contributed by atoms with E-state index in [1.165, 1.54) is 12.1 Å². The molecular formula is C12H15F2N. The number of rotatable bonds is 3. The number of halogens is 2. The summed E-state index contributed by atoms with van der Waals surface area (Å²) in [5, 5.41) is 0. The van der Waals surface area contributed by atoms with Gasteiger partial charge in [-0.25, -0.2) is 8.78 Å². The van der Waals surface area contributed by atoms with E-state index in [1.807, 2.05) is 0 Å². The fraction of sp³-hybridized carbons (Fsp3) is 0.500. The van der Waals surface area contributed by atoms with Gasteiger partial charge in [-0.2, -0.15) is 0 Å². The fourth-order valence-electron chi connectivity index (χ4n) is 2.19. The van der Waals surface area contributed by atoms with Crippen molar-refractivity contribution in [2.45, 2.75) is 31.6 Å². The van der Waals surface area contributed by atoms with E-state index in [9.17, 15) is 8.78 Å². The molecule has 0 aromatic heterocycles. The van der Waals surface area contributed by atoms with E-state index in [4.69, 9.17) is 5.73 Å². The molecule has 0 radical (unpaired) electrons. The van der Waals surface area contributed by atoms with Gasteiger partial charge in [-0.3, -0.25) is 0 Å². The molecule has 2 N–H and O–H groups in total. The predicted octanol–water partition coefficient (Wildman–Crippen LogP) is 2.65. The van der Waals surface area contributed by atoms with E-state index in [0.717, 1.165) is 12.8 Å². The van der Waals surface area contributed by atoms with Crippen LogP contribution in [0.3, 0.4) is 0 Å². The molecule has 0 saturated heterocycles. The third-order valence-electron chi connectivity index (χ3n) is 3.29. The van der Waals surface area contributed by atoms with E-state index in [-0.39, 0.29) is 16.8 Å². The van der Waals surface area contributed by atoms with Crippen LogP contribution in [0.4, 0.5) is 8.78 Å². The van der Waals surface area contributed by atoms with Crippen molar-refractivity contribution in [2.24, 2.45) is 5.73 Å². The van der Waals surface area contributed by atoms with Crippen molar-refractivity contribution in [3.63, 3.8) is 0 Å². The summed E-state index contributed by atoms with van der Waals surface area (Å²) >= 11 is 0. The summed E-state index contributed by atoms with van der Waals surface area (Å²) in [6.45, 7) is 2.14. The summed E-state index contributed by atoms with van der Waals surface area (Å²) in [6, 6.07) is 2.83. The first-order valence-electron chi connectivity index (χ1n) is 5.26. The van der Waals surface area contributed by atoms with E-state index in [0.29, 0.717) is 18.5 Å². The van der Waals surface area contributed by atoms with Crippen molar-refractivity contribution in [3.05, 3.63) is 34.9 Å². The van der Waals surface area contributed by atoms with E-state index in [1.54, 1.807) is 6.92 Å². The lowest BCUT2D eigenvalue weighted by Gasteiger charge is -2.17. The van der Waals surface area contributed by atoms with Crippen LogP contribution in [0.15, 0.2) is 12.1 Å². The molecule has 1 aromatic rings. The van der Waals surface area contributed by atoms with Crippen LogP contribution in [-0.4, -0.2) is 6.54 Å². The maximum absolute atomic E-state index is 13.8. The molecule has 1 saturated carbocycles. The molecule has 0 atom stereocenters. The maximum atomic E-state index is 13.8. The number of hydrogen-bond donors (Lipinski definition) is 1. The molecule has 0 amide bonds. The molecular weight excluding hydrogens is 196 g/mol. The highest BCUT2D eigenvalue weighted by atomic mass is 19.1. The first-order chi connectivity index (χ1) is 7.10. The van der Waals surface area contributed by atoms with Crippen LogP contribution in [0.2, 0.25) is 0 Å². The van der Waals surface area contributed by atoms with Gasteiger partial charge in [0.05, 0.1) is 0 Å². The van der Waals surface area contributed by atoms with Crippen LogP contribution in [0.5, 0.6) is 0 Å². The Morgan fingerprint density at radius 2 is 2.00 bits per heavy atom. The number of aryl methyl sites for hydroxylation is 1. The average Bonchev–Trinajstić information content (AvgIpc) is 2.94. The highest BCUT2D eigenvalue weighted by Crippen LogP contribution is 2.52. The molecule has 0 heterocycles. The summed E-state index contributed by atoms with van der Waals surface area (Å²) in [4.78, 5) is 0. The molecule has 1 fully saturated rings. The number of benzene rings is 1. The molecule has 1 aromatic carbocycles. The summed E-state index contributed by atoms with van der Waals surface area (Å²) in [7, 11) is 0. The molecule has 82 valence electrons. The summed E-state index contributed by atoms with van der Waals surface area (Å²) < 4.78 is 27.4. The average molecular weight is 211 g/mol. The summed E-state index contributed by atoms with van der Waals surface area (Å²) in [5.41, 5.74) is 5.94. The molecule has 3 heteroatoms. The zero-order chi connectivity index (χ0) is 11.1. The van der Waals surface area contributed by atoms with Gasteiger partial charge in [-0.1, -0.05) is 6.07 Å². The Bertz CT molecular complexity index is 383. The van der Waals surface area contributed by atoms with Gasteiger partial charge in [-0.15, -0.1) is 0 Å². The second-order valence-electron chi connectivity index (χ2n) is 4.37. The molecule has 1 aliphatic rings. The molecule has 0 spiro atoms. The maximum Gasteiger partial charge on any atom is 0.132 e. The van der Waals surface area contributed by atoms with Crippen LogP contribution in [-0.2, 0) is 5.41 Å². The Morgan fingerprint density at radius 1 is 1.33 bits per heavy atom. The Balaban J connectivity index is 2.47. The molecule has 0 unspecified atom stereocenters. The van der Waals surface area contributed by atoms with Gasteiger partial charge in [0.2, 0.25) is 0 Å². The minimum atomic E-state index is -0.427. The van der Waals surface area contributed by atoms with Crippen molar-refractivity contribution in [3.8, 4) is 0 Å². The Hall–Kier alpha value is -0.960. The molecule has 1 nitrogen and oxygen atoms in total. The standard InChI is InChI=1S/C12H15F2N/c1-8-2-3-9(13)10(11(8)14)12(4-5-12)6-7-15/h2-3H,4-7,15H2,1H3. The van der Waals surface area contributed by atoms with Gasteiger partial charge < -0.3 is 5.73 Å². The Morgan fingerprint density at radius 3 is 2.53 bits per heavy atom. The smallest absolute Gasteiger partial charge is 0.132 e. The van der Waals surface area contributed by atoms with Crippen molar-refractivity contribution in [1.29, 1.82) is 0 Å². The summed E-state index contributed by atoms with van der Waals surface area (Å²) in [5.74, 6) is -0.815. The van der Waals surface area contributed by atoms with Gasteiger partial charge >= 0.3 is 0 Å². The first kappa shape index (κ1) is 10.6. The highest BCUT2D eigenvalue weighted by molar-refractivity contribution is 5.37. The lowest BCUT2D eigenvalue weighted by Crippen LogP contribution is -2.17. The normalized spacial score (nSPS) is 17.9. The van der Waals surface area contributed by atoms with Crippen LogP contribution in [0, 0.1) is 18.6 Å². The van der Waals surface area contributed by atoms with Crippen LogP contribution in [0.1, 0.15) is 30.4 Å². The Labute approximate surface area is 88.3 Å². The van der Waals surface area contributed by atoms with Gasteiger partial charge in [-0.05, 0) is 44.4 Å². The second-order valence-corrected chi connectivity index (χ2v) is 4.37. The fourth-order valence-corrected chi connectivity index (χ4v) is 2.19. The van der Waals surface area contributed by atoms with E-state index < -0.39 is 5.82 Å². The second kappa shape index (κ2) is 3.56. The predicted molar refractivity (Wildman–Crippen MR) is 55.7 cm³/mol. The zero-order valence-corrected chi connectivity index (χ0v) is 8.82. The highest BCUT2D eigenvalue weighted by Gasteiger charge is 2.47. The zero-order valence-electron chi connectivity index (χ0n) is 8.82. The lowest BCUT2D eigenvalue weighted by molar-refractivity contribution is 0.496. The molecule has 0 bridgehead atoms. The van der Waals surface area contributed by atoms with Crippen LogP contribution in [0.25, 0.3) is 0 Å². The molecule has 2 rings (SSSR count). The van der Waals surface area contributed by atoms with Crippen molar-refractivity contribution in [2.75, 3.05) is 6.54 Å². The summed E-state index contributed by atoms with van der Waals surface area (Å²) in [6.07, 6.45) is 2.37. The van der Waals surface area contributed by atoms with Crippen molar-refractivity contribution < 1.29 is 8.78 Å². The first-order valence-corrected chi connectivity index (χ1v) is 5.26. The SMILES string of the molecule is Cc1ccc(F)c(C2(CCN)CC2)c1F. The van der Waals surface area contributed by atoms with Gasteiger partial charge in [0, 0.05) is 11.0 Å². The quantitative estimate of drug-likeness (QED) is 0.817. The van der Waals surface area contributed by atoms with Crippen LogP contribution >= 0.6 is 0 Å². The topological polar surface area (TPSA) is 26.0 Å². The Kier molecular flexibility index (Phi) is 2.51. The van der Waals surface area contributed by atoms with Gasteiger partial charge in [0.1, 0.15) is 11.6 Å². The molecule has 0 aliphatic heterocycles. The van der Waals surface area contributed by atoms with Gasteiger partial charge in [0.25, 0.3) is 0 Å². The van der Waals surface area contributed by atoms with Gasteiger partial charge in [0.15, 0.2) is 0 Å². The lowest BCUT2D eigenvalue weighted by atomic mass is 9.90. The van der Waals surface area contributed by atoms with Crippen molar-refractivity contribution in [1.82, 2.24) is 0 Å². The number of nitrogens with two attached hydrogens (primary N) is 1. The monoisotopic (exact) mass is 211 g/mol. The largest absolute Gasteiger partial charge is 0.330 e. The third kappa shape index (κ3) is 1.65. The van der Waals surface area contributed by atoms with Crippen LogP contribution < -0.4 is 5.73 Å². The van der Waals surface area contributed by atoms with E-state index in [2.05, 4.69) is 0 Å². The molecule has 15 heavy (non-hydrogen) atoms. The molecule has 1 aliphatic carbocycles. The minimum absolute atomic E-state index is 0.257. The third-order valence-corrected chi connectivity index (χ3v) is 3.29. The van der Waals surface area contributed by atoms with Crippen molar-refractivity contribution >= 4 is 0 Å². The number of hydrogen-bond acceptors (Lipinski definition) is 1. The minimum Gasteiger partial charge on any atom is -0.330 e. The van der Waals surface area contributed by atoms with E-state index >= 15 is 0 Å².